The molecule has 2 heterocycles. The van der Waals surface area contributed by atoms with Crippen LogP contribution in [0.4, 0.5) is 15.9 Å². The molecule has 4 nitrogen and oxygen atoms in total. The fourth-order valence-electron chi connectivity index (χ4n) is 2.52. The van der Waals surface area contributed by atoms with Crippen LogP contribution in [0, 0.1) is 5.82 Å². The zero-order valence-electron chi connectivity index (χ0n) is 13.0. The van der Waals surface area contributed by atoms with Gasteiger partial charge in [0.05, 0.1) is 10.7 Å². The van der Waals surface area contributed by atoms with Crippen molar-refractivity contribution in [2.45, 2.75) is 0 Å². The van der Waals surface area contributed by atoms with Crippen molar-refractivity contribution < 1.29 is 4.39 Å². The second-order valence-corrected chi connectivity index (χ2v) is 5.78. The summed E-state index contributed by atoms with van der Waals surface area (Å²) in [4.78, 5) is 4.65. The third-order valence-electron chi connectivity index (χ3n) is 3.72. The van der Waals surface area contributed by atoms with E-state index in [1.165, 1.54) is 18.2 Å². The Kier molecular flexibility index (Phi) is 3.99. The molecular formula is C19H12ClFN4. The molecule has 0 aliphatic carbocycles. The molecule has 0 saturated heterocycles. The topological polar surface area (TPSA) is 42.0 Å². The molecule has 0 fully saturated rings. The van der Waals surface area contributed by atoms with E-state index in [1.54, 1.807) is 0 Å². The molecule has 0 atom stereocenters. The van der Waals surface area contributed by atoms with Gasteiger partial charge in [-0.2, -0.15) is 0 Å². The van der Waals surface area contributed by atoms with Crippen LogP contribution in [0.25, 0.3) is 16.9 Å². The molecule has 0 bridgehead atoms. The van der Waals surface area contributed by atoms with Crippen molar-refractivity contribution in [3.63, 3.8) is 0 Å². The standard InChI is InChI=1S/C19H12ClFN4/c20-15-12-14(9-10-16(15)21)23-24-19-18(13-6-2-1-3-7-13)22-17-8-4-5-11-25(17)19/h1-12H. The quantitative estimate of drug-likeness (QED) is 0.405. The molecule has 0 radical (unpaired) electrons. The number of azo groups is 1. The fraction of sp³-hybridized carbons (Fsp3) is 0. The normalized spacial score (nSPS) is 11.4. The van der Waals surface area contributed by atoms with E-state index in [2.05, 4.69) is 15.2 Å². The highest BCUT2D eigenvalue weighted by molar-refractivity contribution is 6.31. The first-order valence-corrected chi connectivity index (χ1v) is 7.99. The molecule has 0 spiro atoms. The molecule has 0 N–H and O–H groups in total. The van der Waals surface area contributed by atoms with E-state index in [9.17, 15) is 4.39 Å². The van der Waals surface area contributed by atoms with Gasteiger partial charge in [-0.3, -0.25) is 4.40 Å². The van der Waals surface area contributed by atoms with Crippen molar-refractivity contribution in [2.75, 3.05) is 0 Å². The molecule has 0 amide bonds. The zero-order valence-corrected chi connectivity index (χ0v) is 13.7. The Morgan fingerprint density at radius 1 is 0.920 bits per heavy atom. The molecule has 25 heavy (non-hydrogen) atoms. The van der Waals surface area contributed by atoms with Crippen LogP contribution >= 0.6 is 11.6 Å². The third-order valence-corrected chi connectivity index (χ3v) is 4.00. The largest absolute Gasteiger partial charge is 0.283 e. The molecule has 0 saturated carbocycles. The monoisotopic (exact) mass is 350 g/mol. The maximum absolute atomic E-state index is 13.3. The van der Waals surface area contributed by atoms with Gasteiger partial charge in [0.15, 0.2) is 5.82 Å². The maximum Gasteiger partial charge on any atom is 0.187 e. The van der Waals surface area contributed by atoms with Gasteiger partial charge < -0.3 is 0 Å². The van der Waals surface area contributed by atoms with Gasteiger partial charge >= 0.3 is 0 Å². The van der Waals surface area contributed by atoms with Gasteiger partial charge in [-0.05, 0) is 30.3 Å². The van der Waals surface area contributed by atoms with Crippen molar-refractivity contribution >= 4 is 28.8 Å². The Morgan fingerprint density at radius 2 is 1.72 bits per heavy atom. The number of benzene rings is 2. The van der Waals surface area contributed by atoms with Gasteiger partial charge in [-0.15, -0.1) is 10.2 Å². The Labute approximate surface area is 148 Å². The molecular weight excluding hydrogens is 339 g/mol. The predicted octanol–water partition coefficient (Wildman–Crippen LogP) is 6.21. The minimum atomic E-state index is -0.486. The van der Waals surface area contributed by atoms with E-state index >= 15 is 0 Å². The molecule has 4 rings (SSSR count). The molecule has 6 heteroatoms. The molecule has 122 valence electrons. The van der Waals surface area contributed by atoms with Gasteiger partial charge in [0.25, 0.3) is 0 Å². The average Bonchev–Trinajstić information content (AvgIpc) is 3.02. The van der Waals surface area contributed by atoms with E-state index in [1.807, 2.05) is 59.1 Å². The second-order valence-electron chi connectivity index (χ2n) is 5.38. The van der Waals surface area contributed by atoms with Crippen molar-refractivity contribution in [1.29, 1.82) is 0 Å². The summed E-state index contributed by atoms with van der Waals surface area (Å²) in [5.41, 5.74) is 2.91. The van der Waals surface area contributed by atoms with Crippen molar-refractivity contribution in [1.82, 2.24) is 9.38 Å². The Hall–Kier alpha value is -3.05. The number of fused-ring (bicyclic) bond motifs is 1. The summed E-state index contributed by atoms with van der Waals surface area (Å²) < 4.78 is 15.1. The number of nitrogens with zero attached hydrogens (tertiary/aromatic N) is 4. The molecule has 0 aliphatic heterocycles. The van der Waals surface area contributed by atoms with Crippen LogP contribution in [-0.4, -0.2) is 9.38 Å². The zero-order chi connectivity index (χ0) is 17.2. The highest BCUT2D eigenvalue weighted by Crippen LogP contribution is 2.32. The van der Waals surface area contributed by atoms with Crippen LogP contribution in [0.5, 0.6) is 0 Å². The number of aromatic nitrogens is 2. The summed E-state index contributed by atoms with van der Waals surface area (Å²) >= 11 is 5.80. The van der Waals surface area contributed by atoms with Crippen LogP contribution in [0.3, 0.4) is 0 Å². The summed E-state index contributed by atoms with van der Waals surface area (Å²) in [6.45, 7) is 0. The van der Waals surface area contributed by atoms with E-state index in [-0.39, 0.29) is 5.02 Å². The first-order valence-electron chi connectivity index (χ1n) is 7.62. The maximum atomic E-state index is 13.3. The lowest BCUT2D eigenvalue weighted by molar-refractivity contribution is 0.628. The van der Waals surface area contributed by atoms with Crippen LogP contribution in [-0.2, 0) is 0 Å². The van der Waals surface area contributed by atoms with Crippen LogP contribution in [0.15, 0.2) is 83.2 Å². The van der Waals surface area contributed by atoms with Gasteiger partial charge in [0, 0.05) is 11.8 Å². The summed E-state index contributed by atoms with van der Waals surface area (Å²) in [5, 5.41) is 8.57. The van der Waals surface area contributed by atoms with E-state index in [0.29, 0.717) is 11.5 Å². The molecule has 4 aromatic rings. The highest BCUT2D eigenvalue weighted by Gasteiger charge is 2.13. The fourth-order valence-corrected chi connectivity index (χ4v) is 2.70. The number of hydrogen-bond acceptors (Lipinski definition) is 3. The van der Waals surface area contributed by atoms with Gasteiger partial charge in [0.2, 0.25) is 0 Å². The second kappa shape index (κ2) is 6.45. The van der Waals surface area contributed by atoms with Gasteiger partial charge in [-0.25, -0.2) is 9.37 Å². The Bertz CT molecular complexity index is 1070. The van der Waals surface area contributed by atoms with Crippen LogP contribution in [0.1, 0.15) is 0 Å². The summed E-state index contributed by atoms with van der Waals surface area (Å²) in [6.07, 6.45) is 1.88. The van der Waals surface area contributed by atoms with E-state index in [4.69, 9.17) is 11.6 Å². The Balaban J connectivity index is 1.85. The number of hydrogen-bond donors (Lipinski definition) is 0. The lowest BCUT2D eigenvalue weighted by atomic mass is 10.1. The highest BCUT2D eigenvalue weighted by atomic mass is 35.5. The first kappa shape index (κ1) is 15.5. The Morgan fingerprint density at radius 3 is 2.52 bits per heavy atom. The van der Waals surface area contributed by atoms with Gasteiger partial charge in [-0.1, -0.05) is 48.0 Å². The molecule has 2 aromatic heterocycles. The van der Waals surface area contributed by atoms with E-state index in [0.717, 1.165) is 16.9 Å². The average molecular weight is 351 g/mol. The number of imidazole rings is 1. The molecule has 0 aliphatic rings. The minimum absolute atomic E-state index is 0.0119. The summed E-state index contributed by atoms with van der Waals surface area (Å²) in [6, 6.07) is 19.7. The van der Waals surface area contributed by atoms with Crippen molar-refractivity contribution in [3.05, 3.63) is 83.8 Å². The van der Waals surface area contributed by atoms with Crippen molar-refractivity contribution in [3.8, 4) is 11.3 Å². The van der Waals surface area contributed by atoms with Crippen LogP contribution in [0.2, 0.25) is 5.02 Å². The number of pyridine rings is 1. The smallest absolute Gasteiger partial charge is 0.187 e. The molecule has 2 aromatic carbocycles. The minimum Gasteiger partial charge on any atom is -0.283 e. The lowest BCUT2D eigenvalue weighted by Gasteiger charge is -2.00. The molecule has 0 unspecified atom stereocenters. The lowest BCUT2D eigenvalue weighted by Crippen LogP contribution is -1.81. The third kappa shape index (κ3) is 3.02. The van der Waals surface area contributed by atoms with E-state index < -0.39 is 5.82 Å². The number of halogens is 2. The number of rotatable bonds is 3. The van der Waals surface area contributed by atoms with Crippen LogP contribution < -0.4 is 0 Å². The van der Waals surface area contributed by atoms with Crippen molar-refractivity contribution in [2.24, 2.45) is 10.2 Å². The summed E-state index contributed by atoms with van der Waals surface area (Å²) in [5.74, 6) is 0.114. The first-order chi connectivity index (χ1) is 12.2. The SMILES string of the molecule is Fc1ccc(N=Nc2c(-c3ccccc3)nc3ccccn23)cc1Cl. The predicted molar refractivity (Wildman–Crippen MR) is 96.2 cm³/mol. The van der Waals surface area contributed by atoms with Gasteiger partial charge in [0.1, 0.15) is 17.2 Å². The summed E-state index contributed by atoms with van der Waals surface area (Å²) in [7, 11) is 0.